The van der Waals surface area contributed by atoms with Gasteiger partial charge in [0.05, 0.1) is 12.7 Å². The number of amides is 2. The van der Waals surface area contributed by atoms with Crippen molar-refractivity contribution in [3.05, 3.63) is 46.7 Å². The largest absolute Gasteiger partial charge is 0.494 e. The number of carbonyl (C=O) groups is 1. The smallest absolute Gasteiger partial charge is 0.319 e. The lowest BCUT2D eigenvalue weighted by molar-refractivity contribution is 0.171. The number of benzene rings is 1. The monoisotopic (exact) mass is 348 g/mol. The zero-order chi connectivity index (χ0) is 17.2. The van der Waals surface area contributed by atoms with Crippen molar-refractivity contribution in [1.82, 2.24) is 5.32 Å². The second-order valence-corrected chi connectivity index (χ2v) is 6.41. The Labute approximate surface area is 146 Å². The molecular formula is C18H24N2O3S. The van der Waals surface area contributed by atoms with Crippen molar-refractivity contribution in [2.45, 2.75) is 32.3 Å². The lowest BCUT2D eigenvalue weighted by atomic mass is 10.2. The van der Waals surface area contributed by atoms with Crippen LogP contribution in [0.25, 0.3) is 0 Å². The van der Waals surface area contributed by atoms with Crippen molar-refractivity contribution in [2.24, 2.45) is 0 Å². The number of aliphatic hydroxyl groups is 1. The highest BCUT2D eigenvalue weighted by Gasteiger charge is 2.09. The summed E-state index contributed by atoms with van der Waals surface area (Å²) in [4.78, 5) is 12.8. The Morgan fingerprint density at radius 3 is 2.75 bits per heavy atom. The van der Waals surface area contributed by atoms with E-state index < -0.39 is 6.10 Å². The van der Waals surface area contributed by atoms with Gasteiger partial charge in [-0.3, -0.25) is 0 Å². The molecule has 1 heterocycles. The molecule has 3 N–H and O–H groups in total. The number of ether oxygens (including phenoxy) is 1. The van der Waals surface area contributed by atoms with Gasteiger partial charge in [-0.05, 0) is 48.6 Å². The van der Waals surface area contributed by atoms with E-state index in [0.717, 1.165) is 23.5 Å². The molecule has 2 rings (SSSR count). The van der Waals surface area contributed by atoms with Crippen LogP contribution in [0, 0.1) is 0 Å². The van der Waals surface area contributed by atoms with E-state index in [2.05, 4.69) is 17.6 Å². The van der Waals surface area contributed by atoms with E-state index in [1.54, 1.807) is 12.1 Å². The number of unbranched alkanes of at least 4 members (excludes halogenated alkanes) is 1. The van der Waals surface area contributed by atoms with Gasteiger partial charge in [-0.15, -0.1) is 11.3 Å². The highest BCUT2D eigenvalue weighted by molar-refractivity contribution is 7.10. The van der Waals surface area contributed by atoms with Crippen LogP contribution < -0.4 is 15.4 Å². The van der Waals surface area contributed by atoms with Crippen LogP contribution in [0.2, 0.25) is 0 Å². The van der Waals surface area contributed by atoms with Crippen molar-refractivity contribution >= 4 is 23.1 Å². The van der Waals surface area contributed by atoms with Crippen LogP contribution in [-0.4, -0.2) is 24.3 Å². The van der Waals surface area contributed by atoms with Crippen molar-refractivity contribution in [2.75, 3.05) is 18.5 Å². The van der Waals surface area contributed by atoms with Gasteiger partial charge in [-0.1, -0.05) is 19.4 Å². The third kappa shape index (κ3) is 6.22. The Morgan fingerprint density at radius 2 is 2.08 bits per heavy atom. The van der Waals surface area contributed by atoms with Crippen molar-refractivity contribution in [1.29, 1.82) is 0 Å². The zero-order valence-electron chi connectivity index (χ0n) is 13.8. The summed E-state index contributed by atoms with van der Waals surface area (Å²) in [6.07, 6.45) is 2.07. The summed E-state index contributed by atoms with van der Waals surface area (Å²) in [5.41, 5.74) is 0.703. The SMILES string of the molecule is CCCCOc1ccc(NC(=O)NCCC(O)c2cccs2)cc1. The fourth-order valence-corrected chi connectivity index (χ4v) is 2.84. The fourth-order valence-electron chi connectivity index (χ4n) is 2.09. The number of hydrogen-bond donors (Lipinski definition) is 3. The van der Waals surface area contributed by atoms with E-state index in [-0.39, 0.29) is 6.03 Å². The molecule has 0 fully saturated rings. The van der Waals surface area contributed by atoms with Gasteiger partial charge >= 0.3 is 6.03 Å². The standard InChI is InChI=1S/C18H24N2O3S/c1-2-3-12-23-15-8-6-14(7-9-15)20-18(22)19-11-10-16(21)17-5-4-13-24-17/h4-9,13,16,21H,2-3,10-12H2,1H3,(H2,19,20,22). The van der Waals surface area contributed by atoms with Gasteiger partial charge in [0.1, 0.15) is 5.75 Å². The normalized spacial score (nSPS) is 11.8. The predicted octanol–water partition coefficient (Wildman–Crippen LogP) is 4.17. The molecular weight excluding hydrogens is 324 g/mol. The van der Waals surface area contributed by atoms with Crippen molar-refractivity contribution in [3.63, 3.8) is 0 Å². The Bertz CT molecular complexity index is 599. The molecule has 2 aromatic rings. The summed E-state index contributed by atoms with van der Waals surface area (Å²) in [6, 6.07) is 10.8. The predicted molar refractivity (Wildman–Crippen MR) is 97.8 cm³/mol. The molecule has 0 aliphatic heterocycles. The summed E-state index contributed by atoms with van der Waals surface area (Å²) >= 11 is 1.51. The summed E-state index contributed by atoms with van der Waals surface area (Å²) in [6.45, 7) is 3.23. The Hall–Kier alpha value is -2.05. The molecule has 130 valence electrons. The number of anilines is 1. The Kier molecular flexibility index (Phi) is 7.58. The van der Waals surface area contributed by atoms with Crippen LogP contribution in [-0.2, 0) is 0 Å². The molecule has 24 heavy (non-hydrogen) atoms. The van der Waals surface area contributed by atoms with Gasteiger partial charge in [-0.2, -0.15) is 0 Å². The van der Waals surface area contributed by atoms with Gasteiger partial charge in [0.15, 0.2) is 0 Å². The molecule has 1 aromatic heterocycles. The quantitative estimate of drug-likeness (QED) is 0.596. The molecule has 0 saturated heterocycles. The molecule has 0 saturated carbocycles. The third-order valence-electron chi connectivity index (χ3n) is 3.45. The van der Waals surface area contributed by atoms with Crippen LogP contribution in [0.15, 0.2) is 41.8 Å². The lowest BCUT2D eigenvalue weighted by Crippen LogP contribution is -2.30. The topological polar surface area (TPSA) is 70.6 Å². The summed E-state index contributed by atoms with van der Waals surface area (Å²) in [5.74, 6) is 0.800. The van der Waals surface area contributed by atoms with E-state index in [1.165, 1.54) is 11.3 Å². The first-order valence-corrected chi connectivity index (χ1v) is 9.06. The van der Waals surface area contributed by atoms with Crippen molar-refractivity contribution in [3.8, 4) is 5.75 Å². The zero-order valence-corrected chi connectivity index (χ0v) is 14.6. The van der Waals surface area contributed by atoms with E-state index in [9.17, 15) is 9.90 Å². The number of rotatable bonds is 9. The molecule has 0 radical (unpaired) electrons. The van der Waals surface area contributed by atoms with Crippen LogP contribution in [0.3, 0.4) is 0 Å². The highest BCUT2D eigenvalue weighted by atomic mass is 32.1. The minimum Gasteiger partial charge on any atom is -0.494 e. The Morgan fingerprint density at radius 1 is 1.29 bits per heavy atom. The molecule has 6 heteroatoms. The average Bonchev–Trinajstić information content (AvgIpc) is 3.11. The second-order valence-electron chi connectivity index (χ2n) is 5.43. The third-order valence-corrected chi connectivity index (χ3v) is 4.43. The van der Waals surface area contributed by atoms with Crippen molar-refractivity contribution < 1.29 is 14.6 Å². The van der Waals surface area contributed by atoms with Gasteiger partial charge < -0.3 is 20.5 Å². The fraction of sp³-hybridized carbons (Fsp3) is 0.389. The average molecular weight is 348 g/mol. The lowest BCUT2D eigenvalue weighted by Gasteiger charge is -2.11. The number of urea groups is 1. The first kappa shape index (κ1) is 18.3. The molecule has 1 atom stereocenters. The minimum absolute atomic E-state index is 0.284. The first-order chi connectivity index (χ1) is 11.7. The maximum atomic E-state index is 11.8. The first-order valence-electron chi connectivity index (χ1n) is 8.18. The van der Waals surface area contributed by atoms with Crippen LogP contribution in [0.5, 0.6) is 5.75 Å². The molecule has 0 spiro atoms. The summed E-state index contributed by atoms with van der Waals surface area (Å²) in [7, 11) is 0. The molecule has 0 aliphatic carbocycles. The molecule has 0 bridgehead atoms. The minimum atomic E-state index is -0.537. The molecule has 1 unspecified atom stereocenters. The van der Waals surface area contributed by atoms with E-state index in [1.807, 2.05) is 29.6 Å². The van der Waals surface area contributed by atoms with E-state index in [4.69, 9.17) is 4.74 Å². The molecule has 2 amide bonds. The summed E-state index contributed by atoms with van der Waals surface area (Å²) < 4.78 is 5.58. The number of thiophene rings is 1. The van der Waals surface area contributed by atoms with Gasteiger partial charge in [-0.25, -0.2) is 4.79 Å². The van der Waals surface area contributed by atoms with Gasteiger partial charge in [0, 0.05) is 17.1 Å². The molecule has 0 aliphatic rings. The number of aliphatic hydroxyl groups excluding tert-OH is 1. The highest BCUT2D eigenvalue weighted by Crippen LogP contribution is 2.21. The van der Waals surface area contributed by atoms with Crippen LogP contribution in [0.4, 0.5) is 10.5 Å². The summed E-state index contributed by atoms with van der Waals surface area (Å²) in [5, 5.41) is 17.4. The van der Waals surface area contributed by atoms with Crippen LogP contribution >= 0.6 is 11.3 Å². The number of hydrogen-bond acceptors (Lipinski definition) is 4. The molecule has 1 aromatic carbocycles. The molecule has 5 nitrogen and oxygen atoms in total. The van der Waals surface area contributed by atoms with Gasteiger partial charge in [0.25, 0.3) is 0 Å². The van der Waals surface area contributed by atoms with Crippen LogP contribution in [0.1, 0.15) is 37.2 Å². The van der Waals surface area contributed by atoms with E-state index in [0.29, 0.717) is 25.3 Å². The second kappa shape index (κ2) is 9.95. The maximum absolute atomic E-state index is 11.8. The number of carbonyl (C=O) groups excluding carboxylic acids is 1. The van der Waals surface area contributed by atoms with Gasteiger partial charge in [0.2, 0.25) is 0 Å². The number of nitrogens with one attached hydrogen (secondary N) is 2. The Balaban J connectivity index is 1.68. The van der Waals surface area contributed by atoms with E-state index >= 15 is 0 Å². The maximum Gasteiger partial charge on any atom is 0.319 e.